The lowest BCUT2D eigenvalue weighted by molar-refractivity contribution is 0.389. The summed E-state index contributed by atoms with van der Waals surface area (Å²) in [6, 6.07) is 10.8. The van der Waals surface area contributed by atoms with Gasteiger partial charge in [0.05, 0.1) is 0 Å². The zero-order valence-corrected chi connectivity index (χ0v) is 21.0. The van der Waals surface area contributed by atoms with E-state index in [0.29, 0.717) is 6.54 Å². The normalized spacial score (nSPS) is 14.4. The van der Waals surface area contributed by atoms with Crippen molar-refractivity contribution in [3.05, 3.63) is 47.5 Å². The van der Waals surface area contributed by atoms with Crippen LogP contribution in [0, 0.1) is 0 Å². The molecule has 1 aliphatic rings. The number of rotatable bonds is 8. The van der Waals surface area contributed by atoms with Gasteiger partial charge in [-0.15, -0.1) is 34.2 Å². The van der Waals surface area contributed by atoms with Crippen LogP contribution in [0.3, 0.4) is 0 Å². The van der Waals surface area contributed by atoms with E-state index in [1.165, 1.54) is 24.8 Å². The molecule has 2 heterocycles. The molecule has 0 saturated carbocycles. The van der Waals surface area contributed by atoms with Gasteiger partial charge in [-0.2, -0.15) is 0 Å². The van der Waals surface area contributed by atoms with E-state index in [2.05, 4.69) is 76.5 Å². The first-order valence-corrected chi connectivity index (χ1v) is 11.2. The lowest BCUT2D eigenvalue weighted by Crippen LogP contribution is -2.45. The van der Waals surface area contributed by atoms with E-state index in [-0.39, 0.29) is 29.4 Å². The van der Waals surface area contributed by atoms with Crippen LogP contribution in [-0.4, -0.2) is 33.8 Å². The molecule has 3 rings (SSSR count). The molecule has 7 heteroatoms. The lowest BCUT2D eigenvalue weighted by Gasteiger charge is -2.33. The van der Waals surface area contributed by atoms with Gasteiger partial charge in [-0.05, 0) is 38.2 Å². The summed E-state index contributed by atoms with van der Waals surface area (Å²) < 4.78 is 2.27. The number of guanidine groups is 1. The van der Waals surface area contributed by atoms with Gasteiger partial charge in [0.15, 0.2) is 11.8 Å². The van der Waals surface area contributed by atoms with Crippen LogP contribution in [0.5, 0.6) is 0 Å². The Labute approximate surface area is 198 Å². The van der Waals surface area contributed by atoms with Gasteiger partial charge < -0.3 is 15.2 Å². The summed E-state index contributed by atoms with van der Waals surface area (Å²) in [6.45, 7) is 9.90. The van der Waals surface area contributed by atoms with Gasteiger partial charge in [-0.1, -0.05) is 50.6 Å². The van der Waals surface area contributed by atoms with Crippen molar-refractivity contribution in [1.29, 1.82) is 0 Å². The third kappa shape index (κ3) is 5.95. The van der Waals surface area contributed by atoms with E-state index in [0.717, 1.165) is 56.5 Å². The van der Waals surface area contributed by atoms with Crippen molar-refractivity contribution in [2.24, 2.45) is 4.99 Å². The van der Waals surface area contributed by atoms with Gasteiger partial charge in [0.1, 0.15) is 12.4 Å². The van der Waals surface area contributed by atoms with Gasteiger partial charge in [0.2, 0.25) is 0 Å². The van der Waals surface area contributed by atoms with Crippen LogP contribution in [0.15, 0.2) is 35.3 Å². The number of nitrogens with one attached hydrogen (secondary N) is 2. The Bertz CT molecular complexity index is 782. The first-order chi connectivity index (χ1) is 14.2. The van der Waals surface area contributed by atoms with Gasteiger partial charge in [-0.25, -0.2) is 4.99 Å². The van der Waals surface area contributed by atoms with Crippen LogP contribution in [-0.2, 0) is 24.9 Å². The molecule has 2 aromatic rings. The Hall–Kier alpha value is -1.64. The first-order valence-electron chi connectivity index (χ1n) is 11.2. The summed E-state index contributed by atoms with van der Waals surface area (Å²) in [5.41, 5.74) is 1.49. The van der Waals surface area contributed by atoms with Crippen molar-refractivity contribution in [3.8, 4) is 0 Å². The minimum Gasteiger partial charge on any atom is -0.357 e. The predicted octanol–water partition coefficient (Wildman–Crippen LogP) is 4.44. The summed E-state index contributed by atoms with van der Waals surface area (Å²) in [4.78, 5) is 4.83. The van der Waals surface area contributed by atoms with Crippen LogP contribution >= 0.6 is 24.0 Å². The molecule has 1 aromatic carbocycles. The standard InChI is InChI=1S/C23H36N6.HI/c1-4-23(5-2,19-13-9-7-10-14-19)18-26-22(24-6-3)25-17-21-28-27-20-15-11-8-12-16-29(20)21;/h7,9-10,13-14H,4-6,8,11-12,15-18H2,1-3H3,(H2,24,25,26);1H. The molecule has 1 aromatic heterocycles. The number of aromatic nitrogens is 3. The summed E-state index contributed by atoms with van der Waals surface area (Å²) in [5.74, 6) is 2.94. The molecule has 1 aliphatic heterocycles. The highest BCUT2D eigenvalue weighted by Gasteiger charge is 2.28. The number of benzene rings is 1. The minimum atomic E-state index is 0. The lowest BCUT2D eigenvalue weighted by atomic mass is 9.76. The molecule has 0 atom stereocenters. The molecule has 0 unspecified atom stereocenters. The second-order valence-corrected chi connectivity index (χ2v) is 7.90. The van der Waals surface area contributed by atoms with Crippen molar-refractivity contribution in [2.45, 2.75) is 77.8 Å². The molecule has 166 valence electrons. The van der Waals surface area contributed by atoms with Crippen molar-refractivity contribution in [2.75, 3.05) is 13.1 Å². The molecule has 2 N–H and O–H groups in total. The van der Waals surface area contributed by atoms with E-state index in [1.807, 2.05) is 0 Å². The number of aliphatic imine (C=N–C) groups is 1. The number of hydrogen-bond acceptors (Lipinski definition) is 3. The van der Waals surface area contributed by atoms with Crippen LogP contribution < -0.4 is 10.6 Å². The largest absolute Gasteiger partial charge is 0.357 e. The van der Waals surface area contributed by atoms with Crippen molar-refractivity contribution < 1.29 is 0 Å². The van der Waals surface area contributed by atoms with E-state index in [4.69, 9.17) is 4.99 Å². The van der Waals surface area contributed by atoms with Crippen LogP contribution in [0.1, 0.15) is 70.1 Å². The maximum atomic E-state index is 4.83. The Morgan fingerprint density at radius 1 is 1.03 bits per heavy atom. The number of nitrogens with zero attached hydrogens (tertiary/aromatic N) is 4. The zero-order valence-electron chi connectivity index (χ0n) is 18.7. The second kappa shape index (κ2) is 12.3. The molecule has 0 amide bonds. The number of fused-ring (bicyclic) bond motifs is 1. The quantitative estimate of drug-likeness (QED) is 0.305. The molecule has 30 heavy (non-hydrogen) atoms. The number of hydrogen-bond donors (Lipinski definition) is 2. The topological polar surface area (TPSA) is 67.1 Å². The predicted molar refractivity (Wildman–Crippen MR) is 135 cm³/mol. The van der Waals surface area contributed by atoms with E-state index >= 15 is 0 Å². The Morgan fingerprint density at radius 3 is 2.50 bits per heavy atom. The molecular weight excluding hydrogens is 487 g/mol. The fourth-order valence-electron chi connectivity index (χ4n) is 4.21. The summed E-state index contributed by atoms with van der Waals surface area (Å²) in [5, 5.41) is 15.8. The number of halogens is 1. The molecule has 0 aliphatic carbocycles. The SMILES string of the molecule is CCNC(=NCc1nnc2n1CCCCC2)NCC(CC)(CC)c1ccccc1.I. The van der Waals surface area contributed by atoms with E-state index in [9.17, 15) is 0 Å². The fourth-order valence-corrected chi connectivity index (χ4v) is 4.21. The van der Waals surface area contributed by atoms with E-state index in [1.54, 1.807) is 0 Å². The van der Waals surface area contributed by atoms with Gasteiger partial charge in [0, 0.05) is 31.5 Å². The highest BCUT2D eigenvalue weighted by atomic mass is 127. The Balaban J connectivity index is 0.00000320. The summed E-state index contributed by atoms with van der Waals surface area (Å²) in [7, 11) is 0. The average Bonchev–Trinajstić information content (AvgIpc) is 2.99. The monoisotopic (exact) mass is 524 g/mol. The second-order valence-electron chi connectivity index (χ2n) is 7.90. The molecule has 0 saturated heterocycles. The molecule has 0 spiro atoms. The van der Waals surface area contributed by atoms with Crippen LogP contribution in [0.4, 0.5) is 0 Å². The molecule has 0 fully saturated rings. The van der Waals surface area contributed by atoms with Crippen molar-refractivity contribution in [3.63, 3.8) is 0 Å². The van der Waals surface area contributed by atoms with Crippen molar-refractivity contribution in [1.82, 2.24) is 25.4 Å². The third-order valence-electron chi connectivity index (χ3n) is 6.24. The van der Waals surface area contributed by atoms with Crippen LogP contribution in [0.2, 0.25) is 0 Å². The van der Waals surface area contributed by atoms with E-state index < -0.39 is 0 Å². The Kier molecular flexibility index (Phi) is 10.1. The van der Waals surface area contributed by atoms with Crippen molar-refractivity contribution >= 4 is 29.9 Å². The maximum absolute atomic E-state index is 4.83. The fraction of sp³-hybridized carbons (Fsp3) is 0.609. The molecule has 0 bridgehead atoms. The molecule has 6 nitrogen and oxygen atoms in total. The van der Waals surface area contributed by atoms with Gasteiger partial charge >= 0.3 is 0 Å². The minimum absolute atomic E-state index is 0. The Morgan fingerprint density at radius 2 is 1.80 bits per heavy atom. The average molecular weight is 524 g/mol. The summed E-state index contributed by atoms with van der Waals surface area (Å²) >= 11 is 0. The third-order valence-corrected chi connectivity index (χ3v) is 6.24. The summed E-state index contributed by atoms with van der Waals surface area (Å²) in [6.07, 6.45) is 6.87. The smallest absolute Gasteiger partial charge is 0.191 e. The first kappa shape index (κ1) is 24.6. The van der Waals surface area contributed by atoms with Crippen LogP contribution in [0.25, 0.3) is 0 Å². The number of aryl methyl sites for hydroxylation is 1. The maximum Gasteiger partial charge on any atom is 0.191 e. The highest BCUT2D eigenvalue weighted by molar-refractivity contribution is 14.0. The molecular formula is C23H37IN6. The molecule has 0 radical (unpaired) electrons. The zero-order chi connectivity index (χ0) is 20.5. The van der Waals surface area contributed by atoms with Gasteiger partial charge in [0.25, 0.3) is 0 Å². The highest BCUT2D eigenvalue weighted by Crippen LogP contribution is 2.30. The van der Waals surface area contributed by atoms with Gasteiger partial charge in [-0.3, -0.25) is 0 Å².